The van der Waals surface area contributed by atoms with Crippen LogP contribution in [0.25, 0.3) is 0 Å². The molecule has 1 saturated carbocycles. The fraction of sp³-hybridized carbons (Fsp3) is 0.647. The number of hydrogen-bond donors (Lipinski definition) is 1. The third kappa shape index (κ3) is 2.84. The van der Waals surface area contributed by atoms with E-state index in [0.29, 0.717) is 30.0 Å². The number of rotatable bonds is 4. The van der Waals surface area contributed by atoms with Crippen molar-refractivity contribution in [2.45, 2.75) is 45.3 Å². The van der Waals surface area contributed by atoms with Gasteiger partial charge in [0.25, 0.3) is 0 Å². The van der Waals surface area contributed by atoms with Gasteiger partial charge in [-0.2, -0.15) is 0 Å². The SMILES string of the molecule is CC1(C)C(NCCc2cc(F)cc(F)c2)C2CCCOC21. The number of benzene rings is 1. The maximum absolute atomic E-state index is 13.2. The van der Waals surface area contributed by atoms with Gasteiger partial charge in [0.1, 0.15) is 11.6 Å². The zero-order valence-electron chi connectivity index (χ0n) is 12.7. The molecule has 0 spiro atoms. The van der Waals surface area contributed by atoms with Crippen LogP contribution in [0, 0.1) is 23.0 Å². The lowest BCUT2D eigenvalue weighted by Gasteiger charge is -2.60. The average Bonchev–Trinajstić information content (AvgIpc) is 2.42. The summed E-state index contributed by atoms with van der Waals surface area (Å²) in [6, 6.07) is 4.16. The van der Waals surface area contributed by atoms with E-state index in [0.717, 1.165) is 25.6 Å². The van der Waals surface area contributed by atoms with Gasteiger partial charge in [0, 0.05) is 30.0 Å². The van der Waals surface area contributed by atoms with Crippen molar-refractivity contribution in [2.24, 2.45) is 11.3 Å². The van der Waals surface area contributed by atoms with Crippen LogP contribution in [-0.2, 0) is 11.2 Å². The summed E-state index contributed by atoms with van der Waals surface area (Å²) in [5.74, 6) is -0.428. The van der Waals surface area contributed by atoms with Crippen LogP contribution in [0.15, 0.2) is 18.2 Å². The molecule has 0 bridgehead atoms. The summed E-state index contributed by atoms with van der Waals surface area (Å²) in [7, 11) is 0. The minimum absolute atomic E-state index is 0.137. The lowest BCUT2D eigenvalue weighted by Crippen LogP contribution is -2.69. The first-order valence-corrected chi connectivity index (χ1v) is 7.78. The van der Waals surface area contributed by atoms with Crippen molar-refractivity contribution in [2.75, 3.05) is 13.2 Å². The summed E-state index contributed by atoms with van der Waals surface area (Å²) in [4.78, 5) is 0. The summed E-state index contributed by atoms with van der Waals surface area (Å²) in [6.07, 6.45) is 3.33. The van der Waals surface area contributed by atoms with Gasteiger partial charge in [0.15, 0.2) is 0 Å². The van der Waals surface area contributed by atoms with Gasteiger partial charge in [-0.15, -0.1) is 0 Å². The minimum atomic E-state index is -0.505. The Morgan fingerprint density at radius 1 is 1.24 bits per heavy atom. The molecular formula is C17H23F2NO. The minimum Gasteiger partial charge on any atom is -0.377 e. The molecule has 2 fully saturated rings. The molecule has 2 nitrogen and oxygen atoms in total. The molecule has 1 N–H and O–H groups in total. The second kappa shape index (κ2) is 5.65. The van der Waals surface area contributed by atoms with Crippen LogP contribution in [0.1, 0.15) is 32.3 Å². The lowest BCUT2D eigenvalue weighted by atomic mass is 9.55. The smallest absolute Gasteiger partial charge is 0.126 e. The van der Waals surface area contributed by atoms with E-state index >= 15 is 0 Å². The highest BCUT2D eigenvalue weighted by Crippen LogP contribution is 2.51. The molecule has 1 aromatic carbocycles. The zero-order chi connectivity index (χ0) is 15.0. The summed E-state index contributed by atoms with van der Waals surface area (Å²) in [5, 5.41) is 3.57. The molecule has 3 unspecified atom stereocenters. The summed E-state index contributed by atoms with van der Waals surface area (Å²) < 4.78 is 32.2. The molecule has 1 heterocycles. The van der Waals surface area contributed by atoms with Crippen LogP contribution in [-0.4, -0.2) is 25.3 Å². The lowest BCUT2D eigenvalue weighted by molar-refractivity contribution is -0.192. The normalized spacial score (nSPS) is 30.6. The molecule has 1 aromatic rings. The maximum Gasteiger partial charge on any atom is 0.126 e. The number of halogens is 2. The van der Waals surface area contributed by atoms with Gasteiger partial charge in [0.05, 0.1) is 6.10 Å². The van der Waals surface area contributed by atoms with Crippen molar-refractivity contribution in [3.8, 4) is 0 Å². The molecule has 0 aromatic heterocycles. The van der Waals surface area contributed by atoms with Gasteiger partial charge >= 0.3 is 0 Å². The predicted molar refractivity (Wildman–Crippen MR) is 78.1 cm³/mol. The molecule has 0 radical (unpaired) electrons. The highest BCUT2D eigenvalue weighted by atomic mass is 19.1. The number of ether oxygens (including phenoxy) is 1. The molecule has 3 rings (SSSR count). The third-order valence-corrected chi connectivity index (χ3v) is 5.03. The Kier molecular flexibility index (Phi) is 4.02. The van der Waals surface area contributed by atoms with Crippen molar-refractivity contribution in [1.82, 2.24) is 5.32 Å². The Labute approximate surface area is 124 Å². The fourth-order valence-corrected chi connectivity index (χ4v) is 4.06. The van der Waals surface area contributed by atoms with Gasteiger partial charge in [-0.1, -0.05) is 13.8 Å². The molecular weight excluding hydrogens is 272 g/mol. The van der Waals surface area contributed by atoms with E-state index in [1.807, 2.05) is 0 Å². The summed E-state index contributed by atoms with van der Waals surface area (Å²) >= 11 is 0. The number of fused-ring (bicyclic) bond motifs is 1. The van der Waals surface area contributed by atoms with Crippen molar-refractivity contribution in [3.05, 3.63) is 35.4 Å². The van der Waals surface area contributed by atoms with Gasteiger partial charge in [-0.3, -0.25) is 0 Å². The topological polar surface area (TPSA) is 21.3 Å². The number of nitrogens with one attached hydrogen (secondary N) is 1. The first kappa shape index (κ1) is 14.9. The van der Waals surface area contributed by atoms with E-state index in [2.05, 4.69) is 19.2 Å². The molecule has 1 aliphatic heterocycles. The molecule has 4 heteroatoms. The van der Waals surface area contributed by atoms with Crippen LogP contribution >= 0.6 is 0 Å². The monoisotopic (exact) mass is 295 g/mol. The second-order valence-electron chi connectivity index (χ2n) is 6.88. The van der Waals surface area contributed by atoms with E-state index in [4.69, 9.17) is 4.74 Å². The summed E-state index contributed by atoms with van der Waals surface area (Å²) in [5.41, 5.74) is 0.840. The quantitative estimate of drug-likeness (QED) is 0.920. The first-order chi connectivity index (χ1) is 9.98. The van der Waals surface area contributed by atoms with Crippen molar-refractivity contribution >= 4 is 0 Å². The first-order valence-electron chi connectivity index (χ1n) is 7.78. The summed E-state index contributed by atoms with van der Waals surface area (Å²) in [6.45, 7) is 6.08. The van der Waals surface area contributed by atoms with Gasteiger partial charge in [-0.25, -0.2) is 8.78 Å². The van der Waals surface area contributed by atoms with E-state index in [1.165, 1.54) is 18.6 Å². The Balaban J connectivity index is 1.55. The fourth-order valence-electron chi connectivity index (χ4n) is 4.06. The molecule has 3 atom stereocenters. The Hall–Kier alpha value is -1.00. The van der Waals surface area contributed by atoms with Gasteiger partial charge < -0.3 is 10.1 Å². The maximum atomic E-state index is 13.2. The average molecular weight is 295 g/mol. The largest absolute Gasteiger partial charge is 0.377 e. The molecule has 21 heavy (non-hydrogen) atoms. The third-order valence-electron chi connectivity index (χ3n) is 5.03. The Morgan fingerprint density at radius 2 is 1.95 bits per heavy atom. The molecule has 2 aliphatic rings. The van der Waals surface area contributed by atoms with Crippen molar-refractivity contribution in [3.63, 3.8) is 0 Å². The molecule has 116 valence electrons. The van der Waals surface area contributed by atoms with Crippen LogP contribution in [0.4, 0.5) is 8.78 Å². The Bertz CT molecular complexity index is 497. The van der Waals surface area contributed by atoms with Crippen LogP contribution in [0.3, 0.4) is 0 Å². The van der Waals surface area contributed by atoms with E-state index < -0.39 is 11.6 Å². The standard InChI is InChI=1S/C17H23F2NO/c1-17(2)15(14-4-3-7-21-16(14)17)20-6-5-11-8-12(18)10-13(19)9-11/h8-10,14-16,20H,3-7H2,1-2H3. The van der Waals surface area contributed by atoms with Crippen molar-refractivity contribution in [1.29, 1.82) is 0 Å². The van der Waals surface area contributed by atoms with Crippen molar-refractivity contribution < 1.29 is 13.5 Å². The van der Waals surface area contributed by atoms with E-state index in [-0.39, 0.29) is 5.41 Å². The van der Waals surface area contributed by atoms with Gasteiger partial charge in [0.2, 0.25) is 0 Å². The molecule has 0 amide bonds. The van der Waals surface area contributed by atoms with Gasteiger partial charge in [-0.05, 0) is 43.5 Å². The highest BCUT2D eigenvalue weighted by Gasteiger charge is 2.57. The van der Waals surface area contributed by atoms with E-state index in [1.54, 1.807) is 0 Å². The zero-order valence-corrected chi connectivity index (χ0v) is 12.7. The molecule has 1 saturated heterocycles. The number of hydrogen-bond acceptors (Lipinski definition) is 2. The Morgan fingerprint density at radius 3 is 2.67 bits per heavy atom. The van der Waals surface area contributed by atoms with Crippen LogP contribution < -0.4 is 5.32 Å². The highest BCUT2D eigenvalue weighted by molar-refractivity contribution is 5.18. The van der Waals surface area contributed by atoms with Crippen LogP contribution in [0.5, 0.6) is 0 Å². The van der Waals surface area contributed by atoms with Crippen LogP contribution in [0.2, 0.25) is 0 Å². The predicted octanol–water partition coefficient (Wildman–Crippen LogP) is 3.30. The second-order valence-corrected chi connectivity index (χ2v) is 6.88. The van der Waals surface area contributed by atoms with E-state index in [9.17, 15) is 8.78 Å². The molecule has 1 aliphatic carbocycles.